The molecule has 1 aliphatic rings. The Balaban J connectivity index is 2.12. The van der Waals surface area contributed by atoms with Crippen molar-refractivity contribution in [2.24, 2.45) is 0 Å². The molecular formula is C12H16F3N3O. The second-order valence-corrected chi connectivity index (χ2v) is 4.67. The van der Waals surface area contributed by atoms with E-state index >= 15 is 0 Å². The van der Waals surface area contributed by atoms with Crippen molar-refractivity contribution in [2.45, 2.75) is 37.6 Å². The van der Waals surface area contributed by atoms with E-state index in [0.717, 1.165) is 31.5 Å². The first-order chi connectivity index (χ1) is 8.90. The average molecular weight is 275 g/mol. The number of aromatic nitrogens is 1. The highest BCUT2D eigenvalue weighted by molar-refractivity contribution is 5.65. The van der Waals surface area contributed by atoms with Gasteiger partial charge in [-0.05, 0) is 25.3 Å². The van der Waals surface area contributed by atoms with Gasteiger partial charge in [-0.2, -0.15) is 13.2 Å². The Morgan fingerprint density at radius 3 is 2.74 bits per heavy atom. The number of nitrogens with two attached hydrogens (primary N) is 1. The van der Waals surface area contributed by atoms with Crippen molar-refractivity contribution in [3.8, 4) is 0 Å². The molecule has 1 aromatic rings. The van der Waals surface area contributed by atoms with Crippen molar-refractivity contribution in [2.75, 3.05) is 18.2 Å². The number of rotatable bonds is 3. The summed E-state index contributed by atoms with van der Waals surface area (Å²) in [5.41, 5.74) is 5.21. The number of pyridine rings is 1. The second kappa shape index (κ2) is 5.24. The molecule has 1 saturated carbocycles. The summed E-state index contributed by atoms with van der Waals surface area (Å²) < 4.78 is 43.0. The largest absolute Gasteiger partial charge is 0.433 e. The Bertz CT molecular complexity index is 450. The number of hydrogen-bond donors (Lipinski definition) is 2. The van der Waals surface area contributed by atoms with Crippen molar-refractivity contribution in [3.05, 3.63) is 18.0 Å². The van der Waals surface area contributed by atoms with Crippen LogP contribution in [0.3, 0.4) is 0 Å². The first kappa shape index (κ1) is 13.9. The van der Waals surface area contributed by atoms with Gasteiger partial charge in [0.1, 0.15) is 5.69 Å². The summed E-state index contributed by atoms with van der Waals surface area (Å²) in [6.07, 6.45) is -0.766. The molecule has 19 heavy (non-hydrogen) atoms. The molecule has 0 spiro atoms. The van der Waals surface area contributed by atoms with E-state index in [-0.39, 0.29) is 23.5 Å². The molecule has 0 saturated heterocycles. The number of methoxy groups -OCH3 is 1. The Morgan fingerprint density at radius 1 is 1.42 bits per heavy atom. The minimum absolute atomic E-state index is 0.0794. The van der Waals surface area contributed by atoms with E-state index in [2.05, 4.69) is 10.3 Å². The third-order valence-electron chi connectivity index (χ3n) is 3.30. The quantitative estimate of drug-likeness (QED) is 0.890. The highest BCUT2D eigenvalue weighted by Gasteiger charge is 2.33. The molecule has 1 aromatic heterocycles. The summed E-state index contributed by atoms with van der Waals surface area (Å²) in [6.45, 7) is 0. The number of halogens is 3. The molecule has 1 fully saturated rings. The lowest BCUT2D eigenvalue weighted by Crippen LogP contribution is -2.19. The lowest BCUT2D eigenvalue weighted by atomic mass is 10.2. The number of nitrogen functional groups attached to an aromatic ring is 1. The third kappa shape index (κ3) is 3.28. The van der Waals surface area contributed by atoms with Gasteiger partial charge in [0.05, 0.1) is 23.7 Å². The standard InChI is InChI=1S/C12H16F3N3O/c1-19-8-3-2-7(4-8)18-10-5-11(12(13,14)15)17-6-9(10)16/h5-8H,2-4,16H2,1H3,(H,17,18). The van der Waals surface area contributed by atoms with Crippen LogP contribution in [-0.4, -0.2) is 24.2 Å². The molecule has 0 aliphatic heterocycles. The van der Waals surface area contributed by atoms with Crippen LogP contribution in [0.1, 0.15) is 25.0 Å². The molecule has 7 heteroatoms. The number of ether oxygens (including phenoxy) is 1. The summed E-state index contributed by atoms with van der Waals surface area (Å²) >= 11 is 0. The molecule has 4 nitrogen and oxygen atoms in total. The van der Waals surface area contributed by atoms with Crippen LogP contribution < -0.4 is 11.1 Å². The molecule has 0 radical (unpaired) electrons. The zero-order valence-corrected chi connectivity index (χ0v) is 10.5. The minimum Gasteiger partial charge on any atom is -0.396 e. The number of nitrogens with zero attached hydrogens (tertiary/aromatic N) is 1. The van der Waals surface area contributed by atoms with E-state index < -0.39 is 11.9 Å². The van der Waals surface area contributed by atoms with Gasteiger partial charge in [-0.1, -0.05) is 0 Å². The highest BCUT2D eigenvalue weighted by Crippen LogP contribution is 2.32. The normalized spacial score (nSPS) is 23.6. The van der Waals surface area contributed by atoms with Crippen molar-refractivity contribution in [3.63, 3.8) is 0 Å². The Morgan fingerprint density at radius 2 is 2.16 bits per heavy atom. The topological polar surface area (TPSA) is 60.2 Å². The molecule has 1 heterocycles. The lowest BCUT2D eigenvalue weighted by Gasteiger charge is -2.17. The third-order valence-corrected chi connectivity index (χ3v) is 3.30. The van der Waals surface area contributed by atoms with Gasteiger partial charge in [0.2, 0.25) is 0 Å². The predicted octanol–water partition coefficient (Wildman–Crippen LogP) is 2.66. The second-order valence-electron chi connectivity index (χ2n) is 4.67. The van der Waals surface area contributed by atoms with E-state index in [9.17, 15) is 13.2 Å². The first-order valence-corrected chi connectivity index (χ1v) is 6.02. The molecule has 2 rings (SSSR count). The van der Waals surface area contributed by atoms with Crippen molar-refractivity contribution >= 4 is 11.4 Å². The molecule has 0 bridgehead atoms. The lowest BCUT2D eigenvalue weighted by molar-refractivity contribution is -0.141. The van der Waals surface area contributed by atoms with E-state index in [4.69, 9.17) is 10.5 Å². The van der Waals surface area contributed by atoms with Crippen LogP contribution >= 0.6 is 0 Å². The first-order valence-electron chi connectivity index (χ1n) is 6.02. The van der Waals surface area contributed by atoms with Gasteiger partial charge in [-0.3, -0.25) is 0 Å². The van der Waals surface area contributed by atoms with E-state index in [1.54, 1.807) is 7.11 Å². The maximum absolute atomic E-state index is 12.6. The summed E-state index contributed by atoms with van der Waals surface area (Å²) in [4.78, 5) is 3.30. The fourth-order valence-corrected chi connectivity index (χ4v) is 2.25. The molecule has 0 amide bonds. The molecule has 1 aliphatic carbocycles. The van der Waals surface area contributed by atoms with E-state index in [1.807, 2.05) is 0 Å². The van der Waals surface area contributed by atoms with Gasteiger partial charge in [0, 0.05) is 13.2 Å². The monoisotopic (exact) mass is 275 g/mol. The van der Waals surface area contributed by atoms with Gasteiger partial charge in [-0.25, -0.2) is 4.98 Å². The van der Waals surface area contributed by atoms with Crippen molar-refractivity contribution in [1.29, 1.82) is 0 Å². The van der Waals surface area contributed by atoms with Gasteiger partial charge in [0.25, 0.3) is 0 Å². The molecule has 2 unspecified atom stereocenters. The number of nitrogens with one attached hydrogen (secondary N) is 1. The Hall–Kier alpha value is -1.50. The highest BCUT2D eigenvalue weighted by atomic mass is 19.4. The minimum atomic E-state index is -4.46. The summed E-state index contributed by atoms with van der Waals surface area (Å²) in [5, 5.41) is 3.04. The number of alkyl halides is 3. The maximum atomic E-state index is 12.6. The molecule has 0 aromatic carbocycles. The summed E-state index contributed by atoms with van der Waals surface area (Å²) in [5.74, 6) is 0. The van der Waals surface area contributed by atoms with Crippen LogP contribution in [0.25, 0.3) is 0 Å². The van der Waals surface area contributed by atoms with Crippen LogP contribution in [-0.2, 0) is 10.9 Å². The van der Waals surface area contributed by atoms with Gasteiger partial charge in [-0.15, -0.1) is 0 Å². The summed E-state index contributed by atoms with van der Waals surface area (Å²) in [6, 6.07) is 1.03. The fraction of sp³-hybridized carbons (Fsp3) is 0.583. The van der Waals surface area contributed by atoms with Crippen LogP contribution in [0.5, 0.6) is 0 Å². The number of anilines is 2. The smallest absolute Gasteiger partial charge is 0.396 e. The van der Waals surface area contributed by atoms with E-state index in [1.165, 1.54) is 0 Å². The average Bonchev–Trinajstić information content (AvgIpc) is 2.78. The van der Waals surface area contributed by atoms with Crippen LogP contribution in [0, 0.1) is 0 Å². The SMILES string of the molecule is COC1CCC(Nc2cc(C(F)(F)F)ncc2N)C1. The summed E-state index contributed by atoms with van der Waals surface area (Å²) in [7, 11) is 1.63. The molecular weight excluding hydrogens is 259 g/mol. The predicted molar refractivity (Wildman–Crippen MR) is 65.7 cm³/mol. The number of hydrogen-bond acceptors (Lipinski definition) is 4. The zero-order valence-electron chi connectivity index (χ0n) is 10.5. The Labute approximate surface area is 109 Å². The molecule has 3 N–H and O–H groups in total. The molecule has 2 atom stereocenters. The van der Waals surface area contributed by atoms with Crippen molar-refractivity contribution in [1.82, 2.24) is 4.98 Å². The van der Waals surface area contributed by atoms with Gasteiger partial charge < -0.3 is 15.8 Å². The van der Waals surface area contributed by atoms with Crippen LogP contribution in [0.15, 0.2) is 12.3 Å². The van der Waals surface area contributed by atoms with Crippen LogP contribution in [0.2, 0.25) is 0 Å². The fourth-order valence-electron chi connectivity index (χ4n) is 2.25. The van der Waals surface area contributed by atoms with E-state index in [0.29, 0.717) is 0 Å². The maximum Gasteiger partial charge on any atom is 0.433 e. The van der Waals surface area contributed by atoms with Gasteiger partial charge in [0.15, 0.2) is 0 Å². The Kier molecular flexibility index (Phi) is 3.84. The van der Waals surface area contributed by atoms with Crippen LogP contribution in [0.4, 0.5) is 24.5 Å². The van der Waals surface area contributed by atoms with Crippen molar-refractivity contribution < 1.29 is 17.9 Å². The molecule has 106 valence electrons. The van der Waals surface area contributed by atoms with Gasteiger partial charge >= 0.3 is 6.18 Å². The zero-order chi connectivity index (χ0) is 14.0.